The lowest BCUT2D eigenvalue weighted by atomic mass is 10.2. The summed E-state index contributed by atoms with van der Waals surface area (Å²) in [7, 11) is -1.89. The number of rotatable bonds is 7. The normalized spacial score (nSPS) is 21.7. The number of aliphatic hydroxyl groups excluding tert-OH is 1. The first kappa shape index (κ1) is 21.7. The Hall–Kier alpha value is -0.383. The van der Waals surface area contributed by atoms with Gasteiger partial charge in [-0.05, 0) is 44.3 Å². The standard InChI is InChI=1S/C19H36O4Si/c1-16(20)10-9-11-17(23-24(5,6)19(2,3)4)13-15-22-18-12-7-8-14-21-18/h16-18,20H,7-8,10,12-15H2,1-6H3/t16-,17+,18?/m1/s1. The molecule has 24 heavy (non-hydrogen) atoms. The minimum Gasteiger partial charge on any atom is -0.403 e. The fraction of sp³-hybridized carbons (Fsp3) is 0.895. The van der Waals surface area contributed by atoms with Crippen LogP contribution in [0.25, 0.3) is 0 Å². The Bertz CT molecular complexity index is 411. The predicted octanol–water partition coefficient (Wildman–Crippen LogP) is 4.08. The van der Waals surface area contributed by atoms with E-state index in [0.717, 1.165) is 25.9 Å². The number of aliphatic hydroxyl groups is 1. The van der Waals surface area contributed by atoms with Crippen molar-refractivity contribution in [1.82, 2.24) is 0 Å². The van der Waals surface area contributed by atoms with Crippen LogP contribution < -0.4 is 0 Å². The predicted molar refractivity (Wildman–Crippen MR) is 100 cm³/mol. The second-order valence-electron chi connectivity index (χ2n) is 8.20. The number of hydrogen-bond acceptors (Lipinski definition) is 4. The van der Waals surface area contributed by atoms with Crippen LogP contribution in [0.5, 0.6) is 0 Å². The molecule has 3 atom stereocenters. The molecular weight excluding hydrogens is 320 g/mol. The molecule has 0 saturated carbocycles. The summed E-state index contributed by atoms with van der Waals surface area (Å²) in [5.41, 5.74) is 0. The summed E-state index contributed by atoms with van der Waals surface area (Å²) < 4.78 is 17.9. The second-order valence-corrected chi connectivity index (χ2v) is 13.0. The molecule has 0 spiro atoms. The first-order chi connectivity index (χ1) is 11.1. The summed E-state index contributed by atoms with van der Waals surface area (Å²) in [6.45, 7) is 14.3. The Balaban J connectivity index is 2.57. The van der Waals surface area contributed by atoms with Crippen molar-refractivity contribution in [3.05, 3.63) is 0 Å². The quantitative estimate of drug-likeness (QED) is 0.551. The maximum atomic E-state index is 9.40. The second kappa shape index (κ2) is 9.93. The van der Waals surface area contributed by atoms with Gasteiger partial charge in [0.05, 0.1) is 12.7 Å². The zero-order valence-corrected chi connectivity index (χ0v) is 17.4. The van der Waals surface area contributed by atoms with Gasteiger partial charge in [-0.2, -0.15) is 0 Å². The van der Waals surface area contributed by atoms with Gasteiger partial charge in [-0.25, -0.2) is 0 Å². The van der Waals surface area contributed by atoms with Gasteiger partial charge < -0.3 is 19.0 Å². The van der Waals surface area contributed by atoms with Crippen LogP contribution in [0.1, 0.15) is 59.8 Å². The molecule has 4 nitrogen and oxygen atoms in total. The molecule has 1 saturated heterocycles. The lowest BCUT2D eigenvalue weighted by Gasteiger charge is -2.38. The summed E-state index contributed by atoms with van der Waals surface area (Å²) >= 11 is 0. The largest absolute Gasteiger partial charge is 0.403 e. The molecule has 1 heterocycles. The maximum Gasteiger partial charge on any atom is 0.193 e. The lowest BCUT2D eigenvalue weighted by Crippen LogP contribution is -2.44. The zero-order valence-electron chi connectivity index (χ0n) is 16.4. The number of hydrogen-bond donors (Lipinski definition) is 1. The van der Waals surface area contributed by atoms with Crippen molar-refractivity contribution in [2.24, 2.45) is 0 Å². The Kier molecular flexibility index (Phi) is 8.97. The van der Waals surface area contributed by atoms with Crippen molar-refractivity contribution in [3.63, 3.8) is 0 Å². The van der Waals surface area contributed by atoms with E-state index < -0.39 is 14.4 Å². The van der Waals surface area contributed by atoms with Gasteiger partial charge in [-0.15, -0.1) is 0 Å². The van der Waals surface area contributed by atoms with Crippen LogP contribution in [0.15, 0.2) is 0 Å². The van der Waals surface area contributed by atoms with Gasteiger partial charge in [0, 0.05) is 19.4 Å². The lowest BCUT2D eigenvalue weighted by molar-refractivity contribution is -0.164. The molecule has 0 aromatic rings. The molecule has 0 amide bonds. The van der Waals surface area contributed by atoms with Gasteiger partial charge in [0.2, 0.25) is 0 Å². The molecule has 0 aromatic heterocycles. The highest BCUT2D eigenvalue weighted by atomic mass is 28.4. The van der Waals surface area contributed by atoms with Crippen molar-refractivity contribution >= 4 is 8.32 Å². The molecule has 1 fully saturated rings. The van der Waals surface area contributed by atoms with Gasteiger partial charge in [0.1, 0.15) is 6.10 Å². The first-order valence-corrected chi connectivity index (χ1v) is 12.1. The number of ether oxygens (including phenoxy) is 2. The third kappa shape index (κ3) is 8.13. The summed E-state index contributed by atoms with van der Waals surface area (Å²) in [6, 6.07) is 0. The van der Waals surface area contributed by atoms with E-state index in [-0.39, 0.29) is 17.4 Å². The van der Waals surface area contributed by atoms with E-state index in [2.05, 4.69) is 45.7 Å². The van der Waals surface area contributed by atoms with Crippen molar-refractivity contribution < 1.29 is 19.0 Å². The van der Waals surface area contributed by atoms with Crippen LogP contribution in [-0.2, 0) is 13.9 Å². The Morgan fingerprint density at radius 1 is 1.29 bits per heavy atom. The van der Waals surface area contributed by atoms with Crippen molar-refractivity contribution in [1.29, 1.82) is 0 Å². The highest BCUT2D eigenvalue weighted by Gasteiger charge is 2.38. The minimum atomic E-state index is -1.89. The van der Waals surface area contributed by atoms with E-state index in [1.807, 2.05) is 0 Å². The van der Waals surface area contributed by atoms with Gasteiger partial charge in [-0.1, -0.05) is 32.6 Å². The van der Waals surface area contributed by atoms with E-state index >= 15 is 0 Å². The third-order valence-corrected chi connectivity index (χ3v) is 9.21. The van der Waals surface area contributed by atoms with Crippen LogP contribution in [0.2, 0.25) is 18.1 Å². The van der Waals surface area contributed by atoms with Gasteiger partial charge in [0.15, 0.2) is 14.6 Å². The smallest absolute Gasteiger partial charge is 0.193 e. The third-order valence-electron chi connectivity index (χ3n) is 4.73. The highest BCUT2D eigenvalue weighted by Crippen LogP contribution is 2.37. The first-order valence-electron chi connectivity index (χ1n) is 9.19. The van der Waals surface area contributed by atoms with E-state index in [4.69, 9.17) is 13.9 Å². The van der Waals surface area contributed by atoms with E-state index in [1.165, 1.54) is 6.42 Å². The van der Waals surface area contributed by atoms with Gasteiger partial charge in [0.25, 0.3) is 0 Å². The summed E-state index contributed by atoms with van der Waals surface area (Å²) in [5.74, 6) is 6.26. The average molecular weight is 357 g/mol. The van der Waals surface area contributed by atoms with Gasteiger partial charge >= 0.3 is 0 Å². The van der Waals surface area contributed by atoms with E-state index in [0.29, 0.717) is 13.0 Å². The van der Waals surface area contributed by atoms with E-state index in [9.17, 15) is 5.11 Å². The van der Waals surface area contributed by atoms with Crippen LogP contribution in [0.3, 0.4) is 0 Å². The van der Waals surface area contributed by atoms with Crippen LogP contribution in [-0.4, -0.2) is 45.1 Å². The van der Waals surface area contributed by atoms with Gasteiger partial charge in [-0.3, -0.25) is 0 Å². The zero-order chi connectivity index (χ0) is 18.2. The van der Waals surface area contributed by atoms with Crippen LogP contribution in [0, 0.1) is 11.8 Å². The SMILES string of the molecule is C[C@@H](O)CC#C[C@@H](CCOC1CCCCO1)O[Si](C)(C)C(C)(C)C. The molecule has 140 valence electrons. The fourth-order valence-corrected chi connectivity index (χ4v) is 3.40. The monoisotopic (exact) mass is 356 g/mol. The van der Waals surface area contributed by atoms with Crippen molar-refractivity contribution in [3.8, 4) is 11.8 Å². The topological polar surface area (TPSA) is 47.9 Å². The maximum absolute atomic E-state index is 9.40. The molecule has 1 unspecified atom stereocenters. The minimum absolute atomic E-state index is 0.0716. The molecule has 0 bridgehead atoms. The molecule has 1 N–H and O–H groups in total. The molecule has 5 heteroatoms. The molecule has 0 aromatic carbocycles. The average Bonchev–Trinajstić information content (AvgIpc) is 2.46. The van der Waals surface area contributed by atoms with Crippen molar-refractivity contribution in [2.75, 3.05) is 13.2 Å². The Morgan fingerprint density at radius 3 is 2.54 bits per heavy atom. The van der Waals surface area contributed by atoms with Crippen molar-refractivity contribution in [2.45, 2.75) is 96.4 Å². The molecule has 1 rings (SSSR count). The van der Waals surface area contributed by atoms with E-state index in [1.54, 1.807) is 6.92 Å². The molecule has 0 radical (unpaired) electrons. The fourth-order valence-electron chi connectivity index (χ4n) is 2.16. The summed E-state index contributed by atoms with van der Waals surface area (Å²) in [4.78, 5) is 0. The highest BCUT2D eigenvalue weighted by molar-refractivity contribution is 6.74. The Morgan fingerprint density at radius 2 is 2.00 bits per heavy atom. The van der Waals surface area contributed by atoms with Crippen LogP contribution >= 0.6 is 0 Å². The molecule has 0 aliphatic carbocycles. The molecular formula is C19H36O4Si. The van der Waals surface area contributed by atoms with Crippen LogP contribution in [0.4, 0.5) is 0 Å². The summed E-state index contributed by atoms with van der Waals surface area (Å²) in [5, 5.41) is 9.54. The molecule has 1 aliphatic rings. The molecule has 1 aliphatic heterocycles. The Labute approximate surface area is 149 Å². The summed E-state index contributed by atoms with van der Waals surface area (Å²) in [6.07, 6.45) is 3.86.